The minimum atomic E-state index is -0.952. The van der Waals surface area contributed by atoms with Gasteiger partial charge >= 0.3 is 5.97 Å². The summed E-state index contributed by atoms with van der Waals surface area (Å²) in [6, 6.07) is 6.92. The second-order valence-corrected chi connectivity index (χ2v) is 4.08. The van der Waals surface area contributed by atoms with Crippen LogP contribution in [0.4, 0.5) is 0 Å². The van der Waals surface area contributed by atoms with E-state index in [1.54, 1.807) is 37.3 Å². The number of halogens is 1. The number of carboxylic acid groups (broad SMARTS) is 1. The molecule has 1 aromatic carbocycles. The van der Waals surface area contributed by atoms with E-state index in [4.69, 9.17) is 11.6 Å². The molecule has 1 rings (SSSR count). The van der Waals surface area contributed by atoms with Crippen LogP contribution < -0.4 is 0 Å². The van der Waals surface area contributed by atoms with E-state index in [0.717, 1.165) is 0 Å². The van der Waals surface area contributed by atoms with Crippen LogP contribution in [0.15, 0.2) is 36.9 Å². The summed E-state index contributed by atoms with van der Waals surface area (Å²) in [5, 5.41) is 9.76. The van der Waals surface area contributed by atoms with Crippen molar-refractivity contribution >= 4 is 17.6 Å². The van der Waals surface area contributed by atoms with Gasteiger partial charge in [0.1, 0.15) is 0 Å². The summed E-state index contributed by atoms with van der Waals surface area (Å²) in [5.74, 6) is -0.871. The Morgan fingerprint density at radius 3 is 2.80 bits per heavy atom. The fourth-order valence-corrected chi connectivity index (χ4v) is 1.64. The van der Waals surface area contributed by atoms with Gasteiger partial charge in [-0.2, -0.15) is 0 Å². The molecule has 1 unspecified atom stereocenters. The van der Waals surface area contributed by atoms with Crippen molar-refractivity contribution in [2.24, 2.45) is 0 Å². The van der Waals surface area contributed by atoms with E-state index >= 15 is 0 Å². The molecular weight excluding hydrogens is 212 g/mol. The monoisotopic (exact) mass is 224 g/mol. The summed E-state index contributed by atoms with van der Waals surface area (Å²) in [6.45, 7) is 5.25. The Labute approximate surface area is 94.2 Å². The number of aliphatic carboxylic acids is 1. The number of carboxylic acids is 1. The summed E-state index contributed by atoms with van der Waals surface area (Å²) >= 11 is 5.84. The molecule has 0 aromatic heterocycles. The molecule has 2 nitrogen and oxygen atoms in total. The molecule has 0 fully saturated rings. The lowest BCUT2D eigenvalue weighted by molar-refractivity contribution is -0.143. The van der Waals surface area contributed by atoms with Crippen LogP contribution in [0.25, 0.3) is 0 Å². The highest BCUT2D eigenvalue weighted by atomic mass is 35.5. The molecular formula is C12H13ClO2. The topological polar surface area (TPSA) is 37.3 Å². The molecule has 0 saturated heterocycles. The Hall–Kier alpha value is -1.28. The first-order valence-corrected chi connectivity index (χ1v) is 4.99. The molecule has 0 saturated carbocycles. The van der Waals surface area contributed by atoms with Gasteiger partial charge in [0, 0.05) is 5.02 Å². The van der Waals surface area contributed by atoms with Gasteiger partial charge in [0.05, 0.1) is 5.41 Å². The molecule has 80 valence electrons. The summed E-state index contributed by atoms with van der Waals surface area (Å²) in [7, 11) is 0. The zero-order chi connectivity index (χ0) is 11.5. The molecule has 0 aliphatic rings. The molecule has 3 heteroatoms. The first-order valence-electron chi connectivity index (χ1n) is 4.61. The Balaban J connectivity index is 3.20. The van der Waals surface area contributed by atoms with Crippen LogP contribution in [-0.4, -0.2) is 11.1 Å². The second-order valence-electron chi connectivity index (χ2n) is 3.64. The lowest BCUT2D eigenvalue weighted by Gasteiger charge is -2.23. The predicted octanol–water partition coefficient (Wildman–Crippen LogP) is 3.26. The van der Waals surface area contributed by atoms with E-state index in [-0.39, 0.29) is 0 Å². The maximum Gasteiger partial charge on any atom is 0.314 e. The molecule has 15 heavy (non-hydrogen) atoms. The van der Waals surface area contributed by atoms with Crippen LogP contribution >= 0.6 is 11.6 Å². The highest BCUT2D eigenvalue weighted by Gasteiger charge is 2.33. The summed E-state index contributed by atoms with van der Waals surface area (Å²) in [4.78, 5) is 11.2. The van der Waals surface area contributed by atoms with Crippen LogP contribution in [-0.2, 0) is 10.2 Å². The maximum absolute atomic E-state index is 11.2. The Morgan fingerprint density at radius 1 is 1.67 bits per heavy atom. The van der Waals surface area contributed by atoms with Crippen molar-refractivity contribution in [1.82, 2.24) is 0 Å². The summed E-state index contributed by atoms with van der Waals surface area (Å²) in [6.07, 6.45) is 1.98. The van der Waals surface area contributed by atoms with E-state index in [9.17, 15) is 9.90 Å². The molecule has 0 spiro atoms. The number of carbonyl (C=O) groups is 1. The van der Waals surface area contributed by atoms with Gasteiger partial charge in [0.25, 0.3) is 0 Å². The second kappa shape index (κ2) is 4.49. The van der Waals surface area contributed by atoms with Crippen molar-refractivity contribution in [2.75, 3.05) is 0 Å². The highest BCUT2D eigenvalue weighted by molar-refractivity contribution is 6.30. The molecule has 1 aromatic rings. The SMILES string of the molecule is C=CCC(C)(C(=O)O)c1cccc(Cl)c1. The Kier molecular flexibility index (Phi) is 3.53. The normalized spacial score (nSPS) is 14.3. The Bertz CT molecular complexity index is 387. The standard InChI is InChI=1S/C12H13ClO2/c1-3-7-12(2,11(14)15)9-5-4-6-10(13)8-9/h3-6,8H,1,7H2,2H3,(H,14,15). The first kappa shape index (κ1) is 11.8. The van der Waals surface area contributed by atoms with Gasteiger partial charge in [-0.1, -0.05) is 29.8 Å². The van der Waals surface area contributed by atoms with E-state index in [1.807, 2.05) is 0 Å². The molecule has 0 aliphatic heterocycles. The molecule has 1 atom stereocenters. The zero-order valence-electron chi connectivity index (χ0n) is 8.53. The van der Waals surface area contributed by atoms with Crippen LogP contribution in [0, 0.1) is 0 Å². The lowest BCUT2D eigenvalue weighted by atomic mass is 9.80. The number of rotatable bonds is 4. The van der Waals surface area contributed by atoms with Crippen molar-refractivity contribution in [3.05, 3.63) is 47.5 Å². The molecule has 0 heterocycles. The first-order chi connectivity index (χ1) is 7.00. The van der Waals surface area contributed by atoms with Gasteiger partial charge in [0.15, 0.2) is 0 Å². The highest BCUT2D eigenvalue weighted by Crippen LogP contribution is 2.30. The number of allylic oxidation sites excluding steroid dienone is 1. The van der Waals surface area contributed by atoms with E-state index in [0.29, 0.717) is 17.0 Å². The molecule has 0 aliphatic carbocycles. The quantitative estimate of drug-likeness (QED) is 0.798. The fraction of sp³-hybridized carbons (Fsp3) is 0.250. The lowest BCUT2D eigenvalue weighted by Crippen LogP contribution is -2.31. The van der Waals surface area contributed by atoms with Gasteiger partial charge < -0.3 is 5.11 Å². The van der Waals surface area contributed by atoms with Crippen molar-refractivity contribution in [1.29, 1.82) is 0 Å². The molecule has 0 amide bonds. The average molecular weight is 225 g/mol. The summed E-state index contributed by atoms with van der Waals surface area (Å²) in [5.41, 5.74) is -0.255. The fourth-order valence-electron chi connectivity index (χ4n) is 1.45. The zero-order valence-corrected chi connectivity index (χ0v) is 9.29. The molecule has 0 radical (unpaired) electrons. The minimum absolute atomic E-state index is 0.378. The van der Waals surface area contributed by atoms with Gasteiger partial charge in [0.2, 0.25) is 0 Å². The van der Waals surface area contributed by atoms with Gasteiger partial charge in [-0.05, 0) is 31.0 Å². The third-order valence-electron chi connectivity index (χ3n) is 2.49. The number of benzene rings is 1. The van der Waals surface area contributed by atoms with Crippen LogP contribution in [0.2, 0.25) is 5.02 Å². The van der Waals surface area contributed by atoms with Crippen molar-refractivity contribution in [3.8, 4) is 0 Å². The Morgan fingerprint density at radius 2 is 2.33 bits per heavy atom. The molecule has 0 bridgehead atoms. The van der Waals surface area contributed by atoms with Crippen LogP contribution in [0.1, 0.15) is 18.9 Å². The minimum Gasteiger partial charge on any atom is -0.481 e. The average Bonchev–Trinajstić information content (AvgIpc) is 2.17. The number of hydrogen-bond acceptors (Lipinski definition) is 1. The van der Waals surface area contributed by atoms with Crippen molar-refractivity contribution < 1.29 is 9.90 Å². The van der Waals surface area contributed by atoms with Crippen LogP contribution in [0.5, 0.6) is 0 Å². The maximum atomic E-state index is 11.2. The predicted molar refractivity (Wildman–Crippen MR) is 61.3 cm³/mol. The van der Waals surface area contributed by atoms with Crippen molar-refractivity contribution in [2.45, 2.75) is 18.8 Å². The van der Waals surface area contributed by atoms with Crippen molar-refractivity contribution in [3.63, 3.8) is 0 Å². The van der Waals surface area contributed by atoms with E-state index in [2.05, 4.69) is 6.58 Å². The smallest absolute Gasteiger partial charge is 0.314 e. The van der Waals surface area contributed by atoms with Gasteiger partial charge in [-0.25, -0.2) is 0 Å². The van der Waals surface area contributed by atoms with E-state index in [1.165, 1.54) is 0 Å². The van der Waals surface area contributed by atoms with Gasteiger partial charge in [-0.15, -0.1) is 6.58 Å². The largest absolute Gasteiger partial charge is 0.481 e. The number of hydrogen-bond donors (Lipinski definition) is 1. The van der Waals surface area contributed by atoms with Crippen LogP contribution in [0.3, 0.4) is 0 Å². The molecule has 1 N–H and O–H groups in total. The van der Waals surface area contributed by atoms with Gasteiger partial charge in [-0.3, -0.25) is 4.79 Å². The third-order valence-corrected chi connectivity index (χ3v) is 2.72. The summed E-state index contributed by atoms with van der Waals surface area (Å²) < 4.78 is 0. The third kappa shape index (κ3) is 2.39. The van der Waals surface area contributed by atoms with E-state index < -0.39 is 11.4 Å².